The molecule has 111 heavy (non-hydrogen) atoms. The number of primary amides is 2. The fourth-order valence-corrected chi connectivity index (χ4v) is 12.2. The standard InChI is InChI=1S/C22H21FN2O4.C22H19FN2O3.C21H19BrFNO3.C20H17FN2O4/c1-3-19(26)29-18-11-17(22(24)27)16-10-14(9-13-5-7-15(23)8-6-13)12-25-20(16)21(18)28-4-2;1-3-27-21-19(22(26)28-4-2)11-16(12-24)18-10-15(13-25-20(18)21)9-14-5-7-17(23)8-6-14;1-3-26-20-17(21(25)27-4-2)11-18(22)16-10-14(12-24-19(16)20)9-13-5-7-15(23)8-6-13;1-2-27-20(26)16-9-15(19(22)25)14-8-12(10-23-17(14)18(16)24)7-11-3-5-13(21)6-4-11/h5-8,10-12H,3-4,9H2,1-2H3,(H2,24,27);5-8,10-11,13H,3-4,9H2,1-2H3;5-8,10-12H,3-4,9H2,1-2H3;3-6,8-10,24H,2,7H2,1H3,(H2,22,25). The van der Waals surface area contributed by atoms with Crippen molar-refractivity contribution in [2.45, 2.75) is 80.6 Å². The fraction of sp³-hybridized carbons (Fsp3) is 0.212. The van der Waals surface area contributed by atoms with Gasteiger partial charge in [0.2, 0.25) is 11.8 Å². The van der Waals surface area contributed by atoms with Gasteiger partial charge in [0.25, 0.3) is 0 Å². The van der Waals surface area contributed by atoms with Crippen molar-refractivity contribution < 1.29 is 84.6 Å². The highest BCUT2D eigenvalue weighted by Gasteiger charge is 2.26. The highest BCUT2D eigenvalue weighted by Crippen LogP contribution is 2.40. The summed E-state index contributed by atoms with van der Waals surface area (Å²) in [6, 6.07) is 40.0. The molecule has 0 saturated carbocycles. The molecule has 0 bridgehead atoms. The Morgan fingerprint density at radius 1 is 0.405 bits per heavy atom. The predicted octanol–water partition coefficient (Wildman–Crippen LogP) is 16.4. The molecule has 26 heteroatoms. The minimum absolute atomic E-state index is 0.0549. The zero-order valence-electron chi connectivity index (χ0n) is 61.5. The Morgan fingerprint density at radius 2 is 0.739 bits per heavy atom. The van der Waals surface area contributed by atoms with E-state index in [9.17, 15) is 56.7 Å². The van der Waals surface area contributed by atoms with Crippen LogP contribution in [0.1, 0.15) is 157 Å². The van der Waals surface area contributed by atoms with Gasteiger partial charge in [0.05, 0.1) is 56.8 Å². The van der Waals surface area contributed by atoms with Crippen LogP contribution < -0.4 is 30.4 Å². The number of phenols is 1. The molecule has 8 aromatic carbocycles. The van der Waals surface area contributed by atoms with Crippen LogP contribution >= 0.6 is 15.9 Å². The van der Waals surface area contributed by atoms with E-state index in [2.05, 4.69) is 41.9 Å². The van der Waals surface area contributed by atoms with E-state index in [1.165, 1.54) is 72.9 Å². The molecule has 0 radical (unpaired) electrons. The number of pyridine rings is 4. The molecule has 5 N–H and O–H groups in total. The maximum atomic E-state index is 13.1. The van der Waals surface area contributed by atoms with Crippen molar-refractivity contribution in [1.29, 1.82) is 5.26 Å². The van der Waals surface area contributed by atoms with Gasteiger partial charge in [0, 0.05) is 62.8 Å². The molecule has 0 saturated heterocycles. The Bertz CT molecular complexity index is 5480. The summed E-state index contributed by atoms with van der Waals surface area (Å²) in [4.78, 5) is 90.0. The number of nitriles is 1. The van der Waals surface area contributed by atoms with Crippen LogP contribution in [0.25, 0.3) is 43.6 Å². The number of amides is 2. The van der Waals surface area contributed by atoms with Crippen LogP contribution in [-0.2, 0) is 44.7 Å². The molecule has 0 spiro atoms. The zero-order chi connectivity index (χ0) is 80.0. The molecule has 0 fully saturated rings. The summed E-state index contributed by atoms with van der Waals surface area (Å²) in [6.45, 7) is 13.9. The van der Waals surface area contributed by atoms with Crippen LogP contribution in [0.5, 0.6) is 28.7 Å². The van der Waals surface area contributed by atoms with Crippen LogP contribution in [0.15, 0.2) is 175 Å². The van der Waals surface area contributed by atoms with Gasteiger partial charge in [-0.15, -0.1) is 0 Å². The van der Waals surface area contributed by atoms with Crippen molar-refractivity contribution in [3.63, 3.8) is 0 Å². The van der Waals surface area contributed by atoms with Crippen LogP contribution in [0.2, 0.25) is 0 Å². The van der Waals surface area contributed by atoms with Gasteiger partial charge in [-0.2, -0.15) is 5.26 Å². The Balaban J connectivity index is 0.000000170. The van der Waals surface area contributed by atoms with E-state index in [1.54, 1.807) is 120 Å². The van der Waals surface area contributed by atoms with Crippen LogP contribution in [-0.4, -0.2) is 100 Å². The molecule has 2 amide bonds. The lowest BCUT2D eigenvalue weighted by Gasteiger charge is -2.15. The van der Waals surface area contributed by atoms with Gasteiger partial charge in [-0.1, -0.05) is 71.4 Å². The highest BCUT2D eigenvalue weighted by atomic mass is 79.9. The molecule has 0 unspecified atom stereocenters. The highest BCUT2D eigenvalue weighted by molar-refractivity contribution is 9.10. The third-order valence-corrected chi connectivity index (χ3v) is 17.3. The lowest BCUT2D eigenvalue weighted by Crippen LogP contribution is -2.14. The van der Waals surface area contributed by atoms with E-state index in [4.69, 9.17) is 44.6 Å². The second-order valence-corrected chi connectivity index (χ2v) is 25.3. The lowest BCUT2D eigenvalue weighted by atomic mass is 9.99. The van der Waals surface area contributed by atoms with E-state index >= 15 is 0 Å². The summed E-state index contributed by atoms with van der Waals surface area (Å²) in [7, 11) is 0. The first kappa shape index (κ1) is 82.2. The smallest absolute Gasteiger partial charge is 0.342 e. The summed E-state index contributed by atoms with van der Waals surface area (Å²) in [6.07, 6.45) is 8.85. The average Bonchev–Trinajstić information content (AvgIpc) is 0.794. The number of halogens is 5. The number of fused-ring (bicyclic) bond motifs is 4. The van der Waals surface area contributed by atoms with Gasteiger partial charge in [-0.3, -0.25) is 34.3 Å². The van der Waals surface area contributed by atoms with Gasteiger partial charge < -0.3 is 49.7 Å². The third-order valence-electron chi connectivity index (χ3n) is 16.7. The molecule has 21 nitrogen and oxygen atoms in total. The molecule has 12 rings (SSSR count). The number of carbonyl (C=O) groups excluding carboxylic acids is 6. The summed E-state index contributed by atoms with van der Waals surface area (Å²) >= 11 is 3.53. The number of ether oxygens (including phenoxy) is 7. The normalized spacial score (nSPS) is 10.7. The summed E-state index contributed by atoms with van der Waals surface area (Å²) < 4.78 is 90.6. The van der Waals surface area contributed by atoms with Gasteiger partial charge in [-0.25, -0.2) is 31.9 Å². The molecule has 0 aliphatic rings. The molecule has 0 aliphatic heterocycles. The van der Waals surface area contributed by atoms with Crippen molar-refractivity contribution >= 4 is 95.2 Å². The monoisotopic (exact) mass is 1570 g/mol. The summed E-state index contributed by atoms with van der Waals surface area (Å²) in [5, 5.41) is 22.3. The average molecular weight is 1580 g/mol. The zero-order valence-corrected chi connectivity index (χ0v) is 63.1. The Morgan fingerprint density at radius 3 is 1.12 bits per heavy atom. The molecule has 570 valence electrons. The molecule has 0 aliphatic carbocycles. The van der Waals surface area contributed by atoms with E-state index in [0.29, 0.717) is 101 Å². The summed E-state index contributed by atoms with van der Waals surface area (Å²) in [5.74, 6) is -4.11. The maximum absolute atomic E-state index is 13.1. The maximum Gasteiger partial charge on any atom is 0.342 e. The van der Waals surface area contributed by atoms with Crippen molar-refractivity contribution in [2.75, 3.05) is 39.6 Å². The van der Waals surface area contributed by atoms with Crippen LogP contribution in [0, 0.1) is 34.6 Å². The second kappa shape index (κ2) is 38.8. The Hall–Kier alpha value is -12.9. The van der Waals surface area contributed by atoms with Crippen LogP contribution in [0.4, 0.5) is 17.6 Å². The molecule has 0 atom stereocenters. The number of nitrogens with zero attached hydrogens (tertiary/aromatic N) is 5. The number of aromatic nitrogens is 4. The number of aromatic hydroxyl groups is 1. The number of nitrogens with two attached hydrogens (primary N) is 2. The van der Waals surface area contributed by atoms with E-state index in [0.717, 1.165) is 54.4 Å². The van der Waals surface area contributed by atoms with E-state index in [-0.39, 0.29) is 94.5 Å². The van der Waals surface area contributed by atoms with Gasteiger partial charge in [-0.05, 0) is 209 Å². The Labute approximate surface area is 644 Å². The molecular formula is C85H76BrF4N7O14. The number of hydrogen-bond donors (Lipinski definition) is 3. The fourth-order valence-electron chi connectivity index (χ4n) is 11.6. The second-order valence-electron chi connectivity index (χ2n) is 24.4. The Kier molecular flexibility index (Phi) is 28.7. The number of rotatable bonds is 24. The first-order valence-electron chi connectivity index (χ1n) is 35.2. The number of hydrogen-bond acceptors (Lipinski definition) is 19. The lowest BCUT2D eigenvalue weighted by molar-refractivity contribution is -0.134. The van der Waals surface area contributed by atoms with Gasteiger partial charge >= 0.3 is 23.9 Å². The van der Waals surface area contributed by atoms with Crippen molar-refractivity contribution in [3.05, 3.63) is 276 Å². The van der Waals surface area contributed by atoms with Crippen LogP contribution in [0.3, 0.4) is 0 Å². The molecule has 4 heterocycles. The van der Waals surface area contributed by atoms with Crippen molar-refractivity contribution in [3.8, 4) is 34.8 Å². The van der Waals surface area contributed by atoms with Gasteiger partial charge in [0.15, 0.2) is 28.7 Å². The minimum atomic E-state index is -0.767. The van der Waals surface area contributed by atoms with E-state index in [1.807, 2.05) is 26.0 Å². The largest absolute Gasteiger partial charge is 0.505 e. The van der Waals surface area contributed by atoms with Crippen molar-refractivity contribution in [2.24, 2.45) is 11.5 Å². The first-order valence-corrected chi connectivity index (χ1v) is 36.0. The predicted molar refractivity (Wildman–Crippen MR) is 412 cm³/mol. The molecular weight excluding hydrogens is 1500 g/mol. The topological polar surface area (TPSA) is 315 Å². The van der Waals surface area contributed by atoms with E-state index < -0.39 is 35.7 Å². The molecule has 4 aromatic heterocycles. The number of carbonyl (C=O) groups is 6. The first-order chi connectivity index (χ1) is 53.4. The number of esters is 4. The summed E-state index contributed by atoms with van der Waals surface area (Å²) in [5.41, 5.74) is 20.5. The number of benzene rings is 8. The quantitative estimate of drug-likeness (QED) is 0.0219. The SMILES string of the molecule is CCOC(=O)c1cc(Br)c2cc(Cc3ccc(F)cc3)cnc2c1OCC.CCOC(=O)c1cc(C#N)c2cc(Cc3ccc(F)cc3)cnc2c1OCC.CCOC(=O)c1cc(C(N)=O)c2cc(Cc3ccc(F)cc3)cnc2c1O.CCOc1c(OC(=O)CC)cc(C(N)=O)c2cc(Cc3ccc(F)cc3)cnc12. The molecule has 12 aromatic rings. The minimum Gasteiger partial charge on any atom is -0.505 e. The van der Waals surface area contributed by atoms with Crippen molar-refractivity contribution in [1.82, 2.24) is 19.9 Å². The van der Waals surface area contributed by atoms with Gasteiger partial charge in [0.1, 0.15) is 62.0 Å². The number of phenolic OH excluding ortho intramolecular Hbond substituents is 1. The third kappa shape index (κ3) is 20.9.